The third-order valence-electron chi connectivity index (χ3n) is 6.07. The van der Waals surface area contributed by atoms with E-state index in [0.29, 0.717) is 35.1 Å². The van der Waals surface area contributed by atoms with Crippen LogP contribution < -0.4 is 21.3 Å². The first-order valence-electron chi connectivity index (χ1n) is 11.1. The molecule has 0 saturated heterocycles. The second-order valence-electron chi connectivity index (χ2n) is 8.79. The molecule has 9 nitrogen and oxygen atoms in total. The van der Waals surface area contributed by atoms with Gasteiger partial charge in [-0.05, 0) is 56.4 Å². The van der Waals surface area contributed by atoms with E-state index in [9.17, 15) is 14.4 Å². The maximum atomic E-state index is 13.1. The molecule has 4 amide bonds. The molecule has 0 radical (unpaired) electrons. The number of amides is 4. The van der Waals surface area contributed by atoms with E-state index in [1.165, 1.54) is 30.1 Å². The van der Waals surface area contributed by atoms with Crippen molar-refractivity contribution in [3.05, 3.63) is 34.7 Å². The Balaban J connectivity index is 1.31. The van der Waals surface area contributed by atoms with Crippen LogP contribution in [0.4, 0.5) is 15.5 Å². The molecule has 10 heteroatoms. The monoisotopic (exact) mass is 454 g/mol. The lowest BCUT2D eigenvalue weighted by Gasteiger charge is -2.24. The highest BCUT2D eigenvalue weighted by atomic mass is 32.1. The van der Waals surface area contributed by atoms with Crippen LogP contribution in [0, 0.1) is 11.8 Å². The molecule has 2 aromatic rings. The van der Waals surface area contributed by atoms with Gasteiger partial charge < -0.3 is 21.3 Å². The fraction of sp³-hybridized carbons (Fsp3) is 0.500. The number of aromatic nitrogens is 2. The fourth-order valence-electron chi connectivity index (χ4n) is 3.96. The van der Waals surface area contributed by atoms with Gasteiger partial charge in [0, 0.05) is 23.4 Å². The summed E-state index contributed by atoms with van der Waals surface area (Å²) in [6.07, 6.45) is 10.7. The van der Waals surface area contributed by atoms with Gasteiger partial charge in [0.05, 0.1) is 23.6 Å². The summed E-state index contributed by atoms with van der Waals surface area (Å²) in [7, 11) is 0. The minimum Gasteiger partial charge on any atom is -0.352 e. The Morgan fingerprint density at radius 2 is 1.81 bits per heavy atom. The summed E-state index contributed by atoms with van der Waals surface area (Å²) in [5.74, 6) is 0.501. The largest absolute Gasteiger partial charge is 0.352 e. The summed E-state index contributed by atoms with van der Waals surface area (Å²) in [6, 6.07) is -0.436. The van der Waals surface area contributed by atoms with Crippen molar-refractivity contribution in [2.75, 3.05) is 17.2 Å². The molecule has 0 bridgehead atoms. The normalized spacial score (nSPS) is 19.6. The number of carbonyl (C=O) groups excluding carboxylic acids is 3. The summed E-state index contributed by atoms with van der Waals surface area (Å²) in [4.78, 5) is 46.8. The van der Waals surface area contributed by atoms with Gasteiger partial charge in [-0.1, -0.05) is 0 Å². The van der Waals surface area contributed by atoms with Crippen LogP contribution in [-0.4, -0.2) is 40.4 Å². The number of hydrogen-bond donors (Lipinski definition) is 4. The molecule has 0 aromatic carbocycles. The Hall–Kier alpha value is -3.01. The van der Waals surface area contributed by atoms with E-state index in [2.05, 4.69) is 31.2 Å². The highest BCUT2D eigenvalue weighted by molar-refractivity contribution is 7.17. The van der Waals surface area contributed by atoms with Crippen LogP contribution in [0.2, 0.25) is 0 Å². The zero-order chi connectivity index (χ0) is 22.1. The van der Waals surface area contributed by atoms with Gasteiger partial charge in [-0.25, -0.2) is 14.8 Å². The molecule has 32 heavy (non-hydrogen) atoms. The van der Waals surface area contributed by atoms with Gasteiger partial charge in [0.1, 0.15) is 11.3 Å². The molecule has 2 aromatic heterocycles. The number of fused-ring (bicyclic) bond motifs is 1. The maximum Gasteiger partial charge on any atom is 0.319 e. The predicted molar refractivity (Wildman–Crippen MR) is 121 cm³/mol. The molecule has 168 valence electrons. The molecule has 5 rings (SSSR count). The average Bonchev–Trinajstić information content (AvgIpc) is 3.69. The lowest BCUT2D eigenvalue weighted by atomic mass is 9.91. The van der Waals surface area contributed by atoms with Crippen LogP contribution in [0.3, 0.4) is 0 Å². The molecule has 2 heterocycles. The van der Waals surface area contributed by atoms with Gasteiger partial charge >= 0.3 is 6.03 Å². The zero-order valence-corrected chi connectivity index (χ0v) is 18.5. The Morgan fingerprint density at radius 1 is 1.03 bits per heavy atom. The van der Waals surface area contributed by atoms with Crippen molar-refractivity contribution in [3.63, 3.8) is 0 Å². The van der Waals surface area contributed by atoms with E-state index < -0.39 is 0 Å². The number of carbonyl (C=O) groups is 3. The van der Waals surface area contributed by atoms with E-state index >= 15 is 0 Å². The molecule has 0 spiro atoms. The second-order valence-corrected chi connectivity index (χ2v) is 9.90. The summed E-state index contributed by atoms with van der Waals surface area (Å²) in [5.41, 5.74) is 2.03. The van der Waals surface area contributed by atoms with E-state index in [0.717, 1.165) is 49.0 Å². The van der Waals surface area contributed by atoms with Crippen LogP contribution >= 0.6 is 11.3 Å². The van der Waals surface area contributed by atoms with Gasteiger partial charge in [-0.3, -0.25) is 9.59 Å². The molecule has 0 unspecified atom stereocenters. The number of urea groups is 1. The first-order valence-corrected chi connectivity index (χ1v) is 11.9. The second kappa shape index (κ2) is 8.85. The van der Waals surface area contributed by atoms with Crippen LogP contribution in [0.5, 0.6) is 0 Å². The summed E-state index contributed by atoms with van der Waals surface area (Å²) in [6.45, 7) is 0.669. The zero-order valence-electron chi connectivity index (χ0n) is 17.6. The minimum absolute atomic E-state index is 0.000951. The van der Waals surface area contributed by atoms with Gasteiger partial charge in [-0.2, -0.15) is 0 Å². The minimum atomic E-state index is -0.328. The third kappa shape index (κ3) is 4.90. The molecule has 2 saturated carbocycles. The molecule has 4 N–H and O–H groups in total. The van der Waals surface area contributed by atoms with Gasteiger partial charge in [0.15, 0.2) is 0 Å². The molecule has 2 fully saturated rings. The Morgan fingerprint density at radius 3 is 2.53 bits per heavy atom. The van der Waals surface area contributed by atoms with Crippen LogP contribution in [0.25, 0.3) is 0 Å². The molecule has 1 atom stereocenters. The Kier molecular flexibility index (Phi) is 5.77. The third-order valence-corrected chi connectivity index (χ3v) is 7.28. The quantitative estimate of drug-likeness (QED) is 0.512. The first kappa shape index (κ1) is 20.9. The molecular weight excluding hydrogens is 428 g/mol. The van der Waals surface area contributed by atoms with Gasteiger partial charge in [0.2, 0.25) is 5.91 Å². The number of aryl methyl sites for hydroxylation is 1. The van der Waals surface area contributed by atoms with E-state index in [1.54, 1.807) is 0 Å². The Labute approximate surface area is 189 Å². The number of rotatable bonds is 7. The average molecular weight is 455 g/mol. The number of anilines is 2. The molecule has 3 aliphatic rings. The number of nitrogens with zero attached hydrogens (tertiary/aromatic N) is 2. The van der Waals surface area contributed by atoms with Crippen LogP contribution in [0.1, 0.15) is 52.9 Å². The van der Waals surface area contributed by atoms with Crippen molar-refractivity contribution in [3.8, 4) is 0 Å². The summed E-state index contributed by atoms with van der Waals surface area (Å²) >= 11 is 1.50. The van der Waals surface area contributed by atoms with Crippen LogP contribution in [0.15, 0.2) is 18.7 Å². The highest BCUT2D eigenvalue weighted by Crippen LogP contribution is 2.40. The maximum absolute atomic E-state index is 13.1. The van der Waals surface area contributed by atoms with Crippen molar-refractivity contribution in [2.45, 2.75) is 51.0 Å². The fourth-order valence-corrected chi connectivity index (χ4v) is 5.20. The topological polar surface area (TPSA) is 125 Å². The first-order chi connectivity index (χ1) is 15.6. The van der Waals surface area contributed by atoms with Gasteiger partial charge in [0.25, 0.3) is 5.91 Å². The van der Waals surface area contributed by atoms with Gasteiger partial charge in [-0.15, -0.1) is 11.3 Å². The smallest absolute Gasteiger partial charge is 0.319 e. The number of nitrogens with one attached hydrogen (secondary N) is 4. The number of thiophene rings is 1. The van der Waals surface area contributed by atoms with Crippen molar-refractivity contribution in [1.82, 2.24) is 20.6 Å². The van der Waals surface area contributed by atoms with Crippen molar-refractivity contribution in [2.24, 2.45) is 11.8 Å². The number of hydrogen-bond acceptors (Lipinski definition) is 6. The van der Waals surface area contributed by atoms with Crippen molar-refractivity contribution < 1.29 is 14.4 Å². The van der Waals surface area contributed by atoms with E-state index in [-0.39, 0.29) is 29.8 Å². The van der Waals surface area contributed by atoms with Crippen LogP contribution in [-0.2, 0) is 17.6 Å². The lowest BCUT2D eigenvalue weighted by Crippen LogP contribution is -2.41. The molecular formula is C22H26N6O3S. The van der Waals surface area contributed by atoms with E-state index in [1.807, 2.05) is 0 Å². The lowest BCUT2D eigenvalue weighted by molar-refractivity contribution is -0.117. The molecule has 3 aliphatic carbocycles. The standard InChI is InChI=1S/C22H26N6O3S/c29-19(13-3-4-13)28-21-18(20(30)25-8-12-1-2-12)16-7-14(5-6-17(16)32-21)26-22(31)27-15-9-23-11-24-10-15/h9-14H,1-8H2,(H,25,30)(H,28,29)(H2,26,27,31)/t14-/m0/s1. The molecule has 0 aliphatic heterocycles. The SMILES string of the molecule is O=C(Nc1cncnc1)N[C@H]1CCc2sc(NC(=O)C3CC3)c(C(=O)NCC3CC3)c2C1. The van der Waals surface area contributed by atoms with Crippen molar-refractivity contribution in [1.29, 1.82) is 0 Å². The Bertz CT molecular complexity index is 1030. The van der Waals surface area contributed by atoms with E-state index in [4.69, 9.17) is 0 Å². The predicted octanol–water partition coefficient (Wildman–Crippen LogP) is 2.71. The summed E-state index contributed by atoms with van der Waals surface area (Å²) < 4.78 is 0. The summed E-state index contributed by atoms with van der Waals surface area (Å²) in [5, 5.41) is 12.4. The highest BCUT2D eigenvalue weighted by Gasteiger charge is 2.34. The van der Waals surface area contributed by atoms with Crippen molar-refractivity contribution >= 4 is 39.9 Å².